The summed E-state index contributed by atoms with van der Waals surface area (Å²) in [7, 11) is 0. The van der Waals surface area contributed by atoms with Gasteiger partial charge in [0, 0.05) is 31.3 Å². The van der Waals surface area contributed by atoms with E-state index >= 15 is 0 Å². The van der Waals surface area contributed by atoms with Crippen LogP contribution in [0.4, 0.5) is 5.69 Å². The van der Waals surface area contributed by atoms with Gasteiger partial charge in [-0.3, -0.25) is 14.4 Å². The van der Waals surface area contributed by atoms with Crippen molar-refractivity contribution >= 4 is 23.3 Å². The number of Topliss-reactive ketones (excluding diaryl/α,β-unsaturated/α-hetero) is 1. The van der Waals surface area contributed by atoms with E-state index in [2.05, 4.69) is 5.32 Å². The highest BCUT2D eigenvalue weighted by atomic mass is 16.5. The number of nitrogens with zero attached hydrogens (tertiary/aromatic N) is 1. The molecule has 0 spiro atoms. The number of amides is 2. The molecule has 0 bridgehead atoms. The molecule has 1 unspecified atom stereocenters. The second-order valence-electron chi connectivity index (χ2n) is 5.72. The van der Waals surface area contributed by atoms with E-state index < -0.39 is 0 Å². The van der Waals surface area contributed by atoms with Gasteiger partial charge in [0.15, 0.2) is 5.78 Å². The van der Waals surface area contributed by atoms with Crippen molar-refractivity contribution < 1.29 is 19.1 Å². The summed E-state index contributed by atoms with van der Waals surface area (Å²) in [6.07, 6.45) is 1.90. The Hall–Kier alpha value is -2.21. The minimum Gasteiger partial charge on any atom is -0.376 e. The predicted molar refractivity (Wildman–Crippen MR) is 86.3 cm³/mol. The molecular weight excluding hydrogens is 296 g/mol. The van der Waals surface area contributed by atoms with Crippen LogP contribution in [0.2, 0.25) is 0 Å². The molecular formula is C17H22N2O4. The smallest absolute Gasteiger partial charge is 0.243 e. The van der Waals surface area contributed by atoms with Gasteiger partial charge in [0.2, 0.25) is 11.8 Å². The van der Waals surface area contributed by atoms with Gasteiger partial charge in [0.05, 0.1) is 12.6 Å². The zero-order valence-corrected chi connectivity index (χ0v) is 13.5. The Morgan fingerprint density at radius 1 is 1.30 bits per heavy atom. The van der Waals surface area contributed by atoms with Crippen LogP contribution in [0.25, 0.3) is 0 Å². The Kier molecular flexibility index (Phi) is 5.87. The van der Waals surface area contributed by atoms with Crippen LogP contribution in [0.15, 0.2) is 24.3 Å². The first-order valence-corrected chi connectivity index (χ1v) is 7.73. The molecule has 0 aromatic heterocycles. The first-order valence-electron chi connectivity index (χ1n) is 7.73. The molecule has 124 valence electrons. The number of ether oxygens (including phenoxy) is 1. The SMILES string of the molecule is CC(=O)c1cccc(NC(=O)CN(CC2CCCO2)C(C)=O)c1. The molecule has 1 fully saturated rings. The minimum atomic E-state index is -0.293. The molecule has 23 heavy (non-hydrogen) atoms. The topological polar surface area (TPSA) is 75.7 Å². The first kappa shape index (κ1) is 17.1. The van der Waals surface area contributed by atoms with Crippen molar-refractivity contribution in [2.24, 2.45) is 0 Å². The van der Waals surface area contributed by atoms with Crippen molar-refractivity contribution in [3.8, 4) is 0 Å². The van der Waals surface area contributed by atoms with E-state index in [0.717, 1.165) is 12.8 Å². The van der Waals surface area contributed by atoms with E-state index in [1.807, 2.05) is 0 Å². The van der Waals surface area contributed by atoms with Crippen LogP contribution in [0.1, 0.15) is 37.0 Å². The molecule has 1 saturated heterocycles. The molecule has 1 atom stereocenters. The van der Waals surface area contributed by atoms with Gasteiger partial charge in [-0.25, -0.2) is 0 Å². The summed E-state index contributed by atoms with van der Waals surface area (Å²) in [5, 5.41) is 2.72. The van der Waals surface area contributed by atoms with Gasteiger partial charge in [-0.05, 0) is 31.9 Å². The maximum absolute atomic E-state index is 12.2. The summed E-state index contributed by atoms with van der Waals surface area (Å²) in [6.45, 7) is 4.02. The Bertz CT molecular complexity index is 594. The normalized spacial score (nSPS) is 16.9. The second-order valence-corrected chi connectivity index (χ2v) is 5.72. The number of carbonyl (C=O) groups is 3. The third-order valence-electron chi connectivity index (χ3n) is 3.78. The number of carbonyl (C=O) groups excluding carboxylic acids is 3. The fourth-order valence-electron chi connectivity index (χ4n) is 2.53. The fraction of sp³-hybridized carbons (Fsp3) is 0.471. The lowest BCUT2D eigenvalue weighted by atomic mass is 10.1. The Labute approximate surface area is 135 Å². The minimum absolute atomic E-state index is 0.00717. The molecule has 0 saturated carbocycles. The van der Waals surface area contributed by atoms with E-state index in [1.54, 1.807) is 24.3 Å². The van der Waals surface area contributed by atoms with Crippen molar-refractivity contribution in [3.05, 3.63) is 29.8 Å². The molecule has 1 heterocycles. The monoisotopic (exact) mass is 318 g/mol. The summed E-state index contributed by atoms with van der Waals surface area (Å²) in [5.74, 6) is -0.517. The average Bonchev–Trinajstić information content (AvgIpc) is 2.99. The standard InChI is InChI=1S/C17H22N2O4/c1-12(20)14-5-3-6-15(9-14)18-17(22)11-19(13(2)21)10-16-7-4-8-23-16/h3,5-6,9,16H,4,7-8,10-11H2,1-2H3,(H,18,22). The van der Waals surface area contributed by atoms with E-state index in [1.165, 1.54) is 18.7 Å². The van der Waals surface area contributed by atoms with Gasteiger partial charge in [0.1, 0.15) is 0 Å². The number of nitrogens with one attached hydrogen (secondary N) is 1. The Balaban J connectivity index is 1.94. The molecule has 1 aromatic rings. The lowest BCUT2D eigenvalue weighted by molar-refractivity contribution is -0.134. The summed E-state index contributed by atoms with van der Waals surface area (Å²) in [6, 6.07) is 6.74. The molecule has 6 heteroatoms. The summed E-state index contributed by atoms with van der Waals surface area (Å²) in [5.41, 5.74) is 1.08. The van der Waals surface area contributed by atoms with Crippen LogP contribution in [-0.4, -0.2) is 48.3 Å². The quantitative estimate of drug-likeness (QED) is 0.812. The summed E-state index contributed by atoms with van der Waals surface area (Å²) < 4.78 is 5.51. The molecule has 2 rings (SSSR count). The van der Waals surface area contributed by atoms with Crippen LogP contribution in [-0.2, 0) is 14.3 Å². The second kappa shape index (κ2) is 7.87. The highest BCUT2D eigenvalue weighted by molar-refractivity contribution is 5.98. The molecule has 0 radical (unpaired) electrons. The summed E-state index contributed by atoms with van der Waals surface area (Å²) in [4.78, 5) is 36.7. The third-order valence-corrected chi connectivity index (χ3v) is 3.78. The fourth-order valence-corrected chi connectivity index (χ4v) is 2.53. The first-order chi connectivity index (χ1) is 11.0. The van der Waals surface area contributed by atoms with Crippen molar-refractivity contribution in [1.29, 1.82) is 0 Å². The van der Waals surface area contributed by atoms with Crippen LogP contribution in [0.5, 0.6) is 0 Å². The van der Waals surface area contributed by atoms with E-state index in [-0.39, 0.29) is 30.2 Å². The molecule has 1 aliphatic heterocycles. The number of benzene rings is 1. The lowest BCUT2D eigenvalue weighted by Crippen LogP contribution is -2.41. The van der Waals surface area contributed by atoms with Crippen LogP contribution >= 0.6 is 0 Å². The van der Waals surface area contributed by atoms with Crippen LogP contribution < -0.4 is 5.32 Å². The molecule has 2 amide bonds. The highest BCUT2D eigenvalue weighted by Gasteiger charge is 2.22. The van der Waals surface area contributed by atoms with Gasteiger partial charge >= 0.3 is 0 Å². The number of rotatable bonds is 6. The highest BCUT2D eigenvalue weighted by Crippen LogP contribution is 2.14. The van der Waals surface area contributed by atoms with Gasteiger partial charge in [-0.15, -0.1) is 0 Å². The third kappa shape index (κ3) is 5.17. The number of anilines is 1. The van der Waals surface area contributed by atoms with E-state index in [4.69, 9.17) is 4.74 Å². The number of hydrogen-bond acceptors (Lipinski definition) is 4. The van der Waals surface area contributed by atoms with Crippen LogP contribution in [0.3, 0.4) is 0 Å². The zero-order valence-electron chi connectivity index (χ0n) is 13.5. The molecule has 1 N–H and O–H groups in total. The molecule has 6 nitrogen and oxygen atoms in total. The van der Waals surface area contributed by atoms with E-state index in [0.29, 0.717) is 24.4 Å². The van der Waals surface area contributed by atoms with Gasteiger partial charge in [-0.2, -0.15) is 0 Å². The Morgan fingerprint density at radius 2 is 2.09 bits per heavy atom. The Morgan fingerprint density at radius 3 is 2.70 bits per heavy atom. The molecule has 1 aromatic carbocycles. The maximum Gasteiger partial charge on any atom is 0.243 e. The van der Waals surface area contributed by atoms with Gasteiger partial charge < -0.3 is 15.0 Å². The molecule has 0 aliphatic carbocycles. The van der Waals surface area contributed by atoms with Crippen molar-refractivity contribution in [1.82, 2.24) is 4.90 Å². The van der Waals surface area contributed by atoms with Crippen molar-refractivity contribution in [2.45, 2.75) is 32.8 Å². The number of ketones is 1. The maximum atomic E-state index is 12.2. The van der Waals surface area contributed by atoms with Gasteiger partial charge in [-0.1, -0.05) is 12.1 Å². The van der Waals surface area contributed by atoms with Crippen molar-refractivity contribution in [3.63, 3.8) is 0 Å². The predicted octanol–water partition coefficient (Wildman–Crippen LogP) is 1.86. The molecule has 1 aliphatic rings. The van der Waals surface area contributed by atoms with Crippen molar-refractivity contribution in [2.75, 3.05) is 25.0 Å². The van der Waals surface area contributed by atoms with Gasteiger partial charge in [0.25, 0.3) is 0 Å². The van der Waals surface area contributed by atoms with E-state index in [9.17, 15) is 14.4 Å². The summed E-state index contributed by atoms with van der Waals surface area (Å²) >= 11 is 0. The average molecular weight is 318 g/mol. The number of hydrogen-bond donors (Lipinski definition) is 1. The lowest BCUT2D eigenvalue weighted by Gasteiger charge is -2.23. The largest absolute Gasteiger partial charge is 0.376 e. The zero-order chi connectivity index (χ0) is 16.8. The van der Waals surface area contributed by atoms with Crippen LogP contribution in [0, 0.1) is 0 Å².